The molecule has 2 rings (SSSR count). The van der Waals surface area contributed by atoms with Crippen molar-refractivity contribution in [2.45, 2.75) is 6.43 Å². The molecule has 3 nitrogen and oxygen atoms in total. The second kappa shape index (κ2) is 4.33. The van der Waals surface area contributed by atoms with Crippen molar-refractivity contribution < 1.29 is 13.5 Å². The van der Waals surface area contributed by atoms with Gasteiger partial charge in [0.15, 0.2) is 5.43 Å². The lowest BCUT2D eigenvalue weighted by molar-refractivity contribution is 0.146. The van der Waals surface area contributed by atoms with Gasteiger partial charge in [0, 0.05) is 6.07 Å². The topological polar surface area (TPSA) is 42.1 Å². The van der Waals surface area contributed by atoms with E-state index >= 15 is 0 Å². The lowest BCUT2D eigenvalue weighted by Crippen LogP contribution is -2.07. The number of benzene rings is 1. The summed E-state index contributed by atoms with van der Waals surface area (Å²) < 4.78 is 30.1. The van der Waals surface area contributed by atoms with Crippen LogP contribution < -0.4 is 10.2 Å². The highest BCUT2D eigenvalue weighted by molar-refractivity contribution is 6.35. The zero-order chi connectivity index (χ0) is 12.6. The Morgan fingerprint density at radius 2 is 2.12 bits per heavy atom. The fourth-order valence-corrected chi connectivity index (χ4v) is 1.86. The van der Waals surface area contributed by atoms with Gasteiger partial charge in [-0.2, -0.15) is 0 Å². The average Bonchev–Trinajstić information content (AvgIpc) is 2.28. The summed E-state index contributed by atoms with van der Waals surface area (Å²) in [7, 11) is 1.38. The second-order valence-corrected chi connectivity index (χ2v) is 3.80. The van der Waals surface area contributed by atoms with Gasteiger partial charge >= 0.3 is 0 Å². The van der Waals surface area contributed by atoms with Crippen LogP contribution in [-0.4, -0.2) is 12.1 Å². The predicted molar refractivity (Wildman–Crippen MR) is 61.1 cm³/mol. The summed E-state index contributed by atoms with van der Waals surface area (Å²) in [4.78, 5) is 14.2. The van der Waals surface area contributed by atoms with E-state index in [1.54, 1.807) is 0 Å². The lowest BCUT2D eigenvalue weighted by atomic mass is 10.1. The van der Waals surface area contributed by atoms with Crippen LogP contribution >= 0.6 is 11.6 Å². The van der Waals surface area contributed by atoms with Crippen molar-refractivity contribution in [3.8, 4) is 5.75 Å². The normalized spacial score (nSPS) is 11.1. The largest absolute Gasteiger partial charge is 0.495 e. The Labute approximate surface area is 100.0 Å². The highest BCUT2D eigenvalue weighted by Crippen LogP contribution is 2.29. The van der Waals surface area contributed by atoms with E-state index in [9.17, 15) is 13.6 Å². The average molecular weight is 260 g/mol. The summed E-state index contributed by atoms with van der Waals surface area (Å²) >= 11 is 5.86. The van der Waals surface area contributed by atoms with Crippen LogP contribution in [0.25, 0.3) is 10.9 Å². The third-order valence-corrected chi connectivity index (χ3v) is 2.69. The summed E-state index contributed by atoms with van der Waals surface area (Å²) in [6.07, 6.45) is -2.75. The Kier molecular flexibility index (Phi) is 3.02. The van der Waals surface area contributed by atoms with E-state index in [0.29, 0.717) is 5.75 Å². The highest BCUT2D eigenvalue weighted by atomic mass is 35.5. The molecule has 90 valence electrons. The molecule has 0 aliphatic rings. The number of H-pyrrole nitrogens is 1. The fourth-order valence-electron chi connectivity index (χ4n) is 1.60. The molecule has 0 aliphatic carbocycles. The summed E-state index contributed by atoms with van der Waals surface area (Å²) in [5, 5.41) is 0.346. The molecule has 1 heterocycles. The van der Waals surface area contributed by atoms with E-state index in [1.807, 2.05) is 0 Å². The van der Waals surface area contributed by atoms with E-state index < -0.39 is 17.5 Å². The fraction of sp³-hybridized carbons (Fsp3) is 0.182. The van der Waals surface area contributed by atoms with Crippen LogP contribution in [0.5, 0.6) is 5.75 Å². The molecule has 17 heavy (non-hydrogen) atoms. The molecule has 1 N–H and O–H groups in total. The van der Waals surface area contributed by atoms with Crippen LogP contribution in [0.15, 0.2) is 23.0 Å². The minimum absolute atomic E-state index is 0.149. The van der Waals surface area contributed by atoms with Gasteiger partial charge in [-0.25, -0.2) is 8.78 Å². The van der Waals surface area contributed by atoms with Crippen LogP contribution in [0, 0.1) is 0 Å². The monoisotopic (exact) mass is 259 g/mol. The Bertz CT molecular complexity index is 625. The van der Waals surface area contributed by atoms with E-state index in [-0.39, 0.29) is 15.9 Å². The first-order valence-electron chi connectivity index (χ1n) is 4.72. The van der Waals surface area contributed by atoms with Gasteiger partial charge in [0.05, 0.1) is 28.7 Å². The number of nitrogens with one attached hydrogen (secondary N) is 1. The number of rotatable bonds is 2. The summed E-state index contributed by atoms with van der Waals surface area (Å²) in [5.74, 6) is 0.295. The van der Waals surface area contributed by atoms with Crippen LogP contribution in [0.1, 0.15) is 12.1 Å². The molecule has 1 aromatic heterocycles. The van der Waals surface area contributed by atoms with E-state index in [2.05, 4.69) is 4.98 Å². The van der Waals surface area contributed by atoms with Gasteiger partial charge in [-0.3, -0.25) is 4.79 Å². The molecule has 0 saturated carbocycles. The van der Waals surface area contributed by atoms with Gasteiger partial charge in [0.2, 0.25) is 0 Å². The molecular formula is C11H8ClF2NO2. The van der Waals surface area contributed by atoms with Crippen LogP contribution in [0.3, 0.4) is 0 Å². The third-order valence-electron chi connectivity index (χ3n) is 2.37. The zero-order valence-corrected chi connectivity index (χ0v) is 9.52. The third kappa shape index (κ3) is 1.98. The van der Waals surface area contributed by atoms with Crippen molar-refractivity contribution >= 4 is 22.5 Å². The standard InChI is InChI=1S/C11H8ClF2NO2/c1-17-8-3-2-5(12)9-7(16)4-6(11(13)14)15-10(8)9/h2-4,11H,1H3,(H,15,16). The molecule has 0 saturated heterocycles. The molecule has 0 fully saturated rings. The molecule has 0 spiro atoms. The number of aromatic amines is 1. The first kappa shape index (κ1) is 11.9. The van der Waals surface area contributed by atoms with Gasteiger partial charge in [-0.05, 0) is 12.1 Å². The van der Waals surface area contributed by atoms with Crippen LogP contribution in [0.4, 0.5) is 8.78 Å². The number of alkyl halides is 2. The number of fused-ring (bicyclic) bond motifs is 1. The number of hydrogen-bond donors (Lipinski definition) is 1. The predicted octanol–water partition coefficient (Wildman–Crippen LogP) is 3.13. The van der Waals surface area contributed by atoms with Crippen molar-refractivity contribution in [2.75, 3.05) is 7.11 Å². The molecule has 0 atom stereocenters. The summed E-state index contributed by atoms with van der Waals surface area (Å²) in [6, 6.07) is 3.84. The molecule has 0 radical (unpaired) electrons. The number of hydrogen-bond acceptors (Lipinski definition) is 2. The lowest BCUT2D eigenvalue weighted by Gasteiger charge is -2.08. The molecular weight excluding hydrogens is 252 g/mol. The van der Waals surface area contributed by atoms with Crippen LogP contribution in [-0.2, 0) is 0 Å². The van der Waals surface area contributed by atoms with E-state index in [4.69, 9.17) is 16.3 Å². The molecule has 0 amide bonds. The number of pyridine rings is 1. The molecule has 0 unspecified atom stereocenters. The smallest absolute Gasteiger partial charge is 0.278 e. The summed E-state index contributed by atoms with van der Waals surface area (Å²) in [6.45, 7) is 0. The molecule has 0 aliphatic heterocycles. The highest BCUT2D eigenvalue weighted by Gasteiger charge is 2.15. The van der Waals surface area contributed by atoms with Crippen molar-refractivity contribution in [1.29, 1.82) is 0 Å². The first-order chi connectivity index (χ1) is 8.04. The molecule has 0 bridgehead atoms. The quantitative estimate of drug-likeness (QED) is 0.900. The molecule has 6 heteroatoms. The maximum Gasteiger partial charge on any atom is 0.278 e. The van der Waals surface area contributed by atoms with Gasteiger partial charge in [-0.15, -0.1) is 0 Å². The second-order valence-electron chi connectivity index (χ2n) is 3.39. The van der Waals surface area contributed by atoms with Gasteiger partial charge < -0.3 is 9.72 Å². The number of methoxy groups -OCH3 is 1. The number of aromatic nitrogens is 1. The van der Waals surface area contributed by atoms with E-state index in [1.165, 1.54) is 19.2 Å². The first-order valence-corrected chi connectivity index (χ1v) is 5.10. The zero-order valence-electron chi connectivity index (χ0n) is 8.76. The maximum atomic E-state index is 12.6. The van der Waals surface area contributed by atoms with E-state index in [0.717, 1.165) is 6.07 Å². The Morgan fingerprint density at radius 3 is 2.71 bits per heavy atom. The Morgan fingerprint density at radius 1 is 1.41 bits per heavy atom. The van der Waals surface area contributed by atoms with Crippen molar-refractivity contribution in [1.82, 2.24) is 4.98 Å². The van der Waals surface area contributed by atoms with Crippen molar-refractivity contribution in [3.63, 3.8) is 0 Å². The maximum absolute atomic E-state index is 12.6. The number of halogens is 3. The molecule has 2 aromatic rings. The van der Waals surface area contributed by atoms with Gasteiger partial charge in [0.1, 0.15) is 5.75 Å². The Balaban J connectivity index is 2.90. The summed E-state index contributed by atoms with van der Waals surface area (Å²) in [5.41, 5.74) is -0.830. The Hall–Kier alpha value is -1.62. The van der Waals surface area contributed by atoms with Crippen LogP contribution in [0.2, 0.25) is 5.02 Å². The SMILES string of the molecule is COc1ccc(Cl)c2c(=O)cc(C(F)F)[nH]c12. The van der Waals surface area contributed by atoms with Gasteiger partial charge in [-0.1, -0.05) is 11.6 Å². The molecule has 1 aromatic carbocycles. The van der Waals surface area contributed by atoms with Crippen molar-refractivity contribution in [3.05, 3.63) is 39.1 Å². The number of ether oxygens (including phenoxy) is 1. The minimum atomic E-state index is -2.75. The van der Waals surface area contributed by atoms with Crippen molar-refractivity contribution in [2.24, 2.45) is 0 Å². The van der Waals surface area contributed by atoms with Gasteiger partial charge in [0.25, 0.3) is 6.43 Å². The minimum Gasteiger partial charge on any atom is -0.495 e.